The van der Waals surface area contributed by atoms with E-state index >= 15 is 0 Å². The van der Waals surface area contributed by atoms with Crippen LogP contribution in [0.15, 0.2) is 11.6 Å². The lowest BCUT2D eigenvalue weighted by molar-refractivity contribution is 0.205. The number of rotatable bonds is 6. The normalized spacial score (nSPS) is 15.3. The van der Waals surface area contributed by atoms with Crippen molar-refractivity contribution >= 4 is 18.9 Å². The summed E-state index contributed by atoms with van der Waals surface area (Å²) in [6.07, 6.45) is 2.09. The van der Waals surface area contributed by atoms with Crippen molar-refractivity contribution in [2.45, 2.75) is 20.5 Å². The minimum Gasteiger partial charge on any atom is -0.309 e. The van der Waals surface area contributed by atoms with Crippen LogP contribution in [0.4, 0.5) is 0 Å². The summed E-state index contributed by atoms with van der Waals surface area (Å²) in [5.74, 6) is 0. The summed E-state index contributed by atoms with van der Waals surface area (Å²) in [5.41, 5.74) is 0. The Morgan fingerprint density at radius 3 is 2.79 bits per heavy atom. The third-order valence-electron chi connectivity index (χ3n) is 1.58. The Bertz CT molecular complexity index is 302. The van der Waals surface area contributed by atoms with Crippen LogP contribution in [-0.4, -0.2) is 17.8 Å². The third-order valence-corrected chi connectivity index (χ3v) is 4.28. The van der Waals surface area contributed by atoms with E-state index in [1.807, 2.05) is 5.38 Å². The molecule has 0 radical (unpaired) electrons. The maximum Gasteiger partial charge on any atom is 0.330 e. The zero-order valence-corrected chi connectivity index (χ0v) is 10.0. The van der Waals surface area contributed by atoms with Crippen LogP contribution in [0.2, 0.25) is 0 Å². The SMILES string of the molecule is CCOP(=O)(CC)OCc1nccs1. The average molecular weight is 235 g/mol. The second-order valence-corrected chi connectivity index (χ2v) is 5.89. The highest BCUT2D eigenvalue weighted by Crippen LogP contribution is 2.48. The van der Waals surface area contributed by atoms with Crippen molar-refractivity contribution in [2.75, 3.05) is 12.8 Å². The van der Waals surface area contributed by atoms with Crippen molar-refractivity contribution in [3.8, 4) is 0 Å². The second kappa shape index (κ2) is 5.61. The standard InChI is InChI=1S/C8H14NO3PS/c1-3-11-13(10,4-2)12-7-8-9-5-6-14-8/h5-6H,3-4,7H2,1-2H3. The number of nitrogens with zero attached hydrogens (tertiary/aromatic N) is 1. The summed E-state index contributed by atoms with van der Waals surface area (Å²) in [7, 11) is -2.87. The van der Waals surface area contributed by atoms with Crippen LogP contribution in [0, 0.1) is 0 Å². The van der Waals surface area contributed by atoms with E-state index in [-0.39, 0.29) is 6.61 Å². The lowest BCUT2D eigenvalue weighted by Gasteiger charge is -2.14. The zero-order valence-electron chi connectivity index (χ0n) is 8.30. The Balaban J connectivity index is 2.45. The van der Waals surface area contributed by atoms with Crippen LogP contribution in [0.1, 0.15) is 18.9 Å². The second-order valence-electron chi connectivity index (χ2n) is 2.54. The highest BCUT2D eigenvalue weighted by Gasteiger charge is 2.21. The maximum atomic E-state index is 11.8. The van der Waals surface area contributed by atoms with Gasteiger partial charge in [0.1, 0.15) is 11.6 Å². The predicted octanol–water partition coefficient (Wildman–Crippen LogP) is 2.91. The molecule has 1 heterocycles. The van der Waals surface area contributed by atoms with E-state index in [0.29, 0.717) is 12.8 Å². The molecular weight excluding hydrogens is 221 g/mol. The minimum atomic E-state index is -2.87. The molecule has 1 atom stereocenters. The fourth-order valence-electron chi connectivity index (χ4n) is 0.894. The first-order valence-electron chi connectivity index (χ1n) is 4.46. The molecule has 1 unspecified atom stereocenters. The lowest BCUT2D eigenvalue weighted by Crippen LogP contribution is -1.98. The summed E-state index contributed by atoms with van der Waals surface area (Å²) in [5, 5.41) is 2.68. The zero-order chi connectivity index (χ0) is 10.4. The van der Waals surface area contributed by atoms with Gasteiger partial charge in [0.05, 0.1) is 6.61 Å². The van der Waals surface area contributed by atoms with Crippen LogP contribution in [0.25, 0.3) is 0 Å². The van der Waals surface area contributed by atoms with Gasteiger partial charge in [0.15, 0.2) is 0 Å². The van der Waals surface area contributed by atoms with Crippen molar-refractivity contribution in [2.24, 2.45) is 0 Å². The topological polar surface area (TPSA) is 48.4 Å². The van der Waals surface area contributed by atoms with Crippen molar-refractivity contribution in [1.82, 2.24) is 4.98 Å². The van der Waals surface area contributed by atoms with E-state index in [9.17, 15) is 4.57 Å². The van der Waals surface area contributed by atoms with Crippen LogP contribution in [0.5, 0.6) is 0 Å². The molecule has 6 heteroatoms. The number of hydrogen-bond acceptors (Lipinski definition) is 5. The fraction of sp³-hybridized carbons (Fsp3) is 0.625. The molecule has 0 N–H and O–H groups in total. The van der Waals surface area contributed by atoms with Gasteiger partial charge in [0, 0.05) is 17.7 Å². The van der Waals surface area contributed by atoms with Gasteiger partial charge in [-0.2, -0.15) is 0 Å². The summed E-state index contributed by atoms with van der Waals surface area (Å²) >= 11 is 1.48. The van der Waals surface area contributed by atoms with Gasteiger partial charge in [0.2, 0.25) is 0 Å². The molecule has 0 saturated carbocycles. The summed E-state index contributed by atoms with van der Waals surface area (Å²) in [6.45, 7) is 4.26. The van der Waals surface area contributed by atoms with Gasteiger partial charge in [-0.3, -0.25) is 4.57 Å². The third kappa shape index (κ3) is 3.50. The summed E-state index contributed by atoms with van der Waals surface area (Å²) in [6, 6.07) is 0. The summed E-state index contributed by atoms with van der Waals surface area (Å²) in [4.78, 5) is 4.03. The van der Waals surface area contributed by atoms with Gasteiger partial charge in [-0.25, -0.2) is 4.98 Å². The lowest BCUT2D eigenvalue weighted by atomic mass is 10.8. The quantitative estimate of drug-likeness (QED) is 0.711. The Hall–Kier alpha value is -0.220. The first-order valence-corrected chi connectivity index (χ1v) is 7.07. The van der Waals surface area contributed by atoms with Crippen LogP contribution < -0.4 is 0 Å². The molecule has 0 bridgehead atoms. The molecular formula is C8H14NO3PS. The van der Waals surface area contributed by atoms with Gasteiger partial charge < -0.3 is 9.05 Å². The maximum absolute atomic E-state index is 11.8. The van der Waals surface area contributed by atoms with Gasteiger partial charge in [-0.15, -0.1) is 11.3 Å². The predicted molar refractivity (Wildman–Crippen MR) is 56.7 cm³/mol. The van der Waals surface area contributed by atoms with E-state index in [1.54, 1.807) is 20.0 Å². The van der Waals surface area contributed by atoms with Crippen LogP contribution in [0.3, 0.4) is 0 Å². The molecule has 0 saturated heterocycles. The molecule has 1 aromatic heterocycles. The van der Waals surface area contributed by atoms with Crippen molar-refractivity contribution in [1.29, 1.82) is 0 Å². The van der Waals surface area contributed by atoms with Gasteiger partial charge >= 0.3 is 7.60 Å². The molecule has 80 valence electrons. The van der Waals surface area contributed by atoms with Crippen molar-refractivity contribution < 1.29 is 13.6 Å². The Morgan fingerprint density at radius 1 is 1.50 bits per heavy atom. The first kappa shape index (κ1) is 11.9. The highest BCUT2D eigenvalue weighted by molar-refractivity contribution is 7.53. The fourth-order valence-corrected chi connectivity index (χ4v) is 2.66. The molecule has 0 amide bonds. The smallest absolute Gasteiger partial charge is 0.309 e. The van der Waals surface area contributed by atoms with Gasteiger partial charge in [-0.1, -0.05) is 6.92 Å². The molecule has 0 spiro atoms. The van der Waals surface area contributed by atoms with Gasteiger partial charge in [-0.05, 0) is 6.92 Å². The number of aromatic nitrogens is 1. The van der Waals surface area contributed by atoms with Gasteiger partial charge in [0.25, 0.3) is 0 Å². The molecule has 0 aliphatic rings. The molecule has 0 aliphatic carbocycles. The molecule has 0 aromatic carbocycles. The van der Waals surface area contributed by atoms with E-state index in [4.69, 9.17) is 9.05 Å². The van der Waals surface area contributed by atoms with E-state index < -0.39 is 7.60 Å². The molecule has 0 aliphatic heterocycles. The number of thiazole rings is 1. The molecule has 1 rings (SSSR count). The molecule has 0 fully saturated rings. The largest absolute Gasteiger partial charge is 0.330 e. The molecule has 1 aromatic rings. The molecule has 4 nitrogen and oxygen atoms in total. The van der Waals surface area contributed by atoms with E-state index in [0.717, 1.165) is 5.01 Å². The van der Waals surface area contributed by atoms with E-state index in [2.05, 4.69) is 4.98 Å². The Labute approximate surface area is 87.8 Å². The monoisotopic (exact) mass is 235 g/mol. The van der Waals surface area contributed by atoms with E-state index in [1.165, 1.54) is 11.3 Å². The minimum absolute atomic E-state index is 0.267. The Morgan fingerprint density at radius 2 is 2.29 bits per heavy atom. The number of hydrogen-bond donors (Lipinski definition) is 0. The Kier molecular flexibility index (Phi) is 4.75. The average Bonchev–Trinajstić information content (AvgIpc) is 2.68. The van der Waals surface area contributed by atoms with Crippen molar-refractivity contribution in [3.05, 3.63) is 16.6 Å². The molecule has 14 heavy (non-hydrogen) atoms. The first-order chi connectivity index (χ1) is 6.70. The van der Waals surface area contributed by atoms with Crippen LogP contribution in [-0.2, 0) is 20.2 Å². The summed E-state index contributed by atoms with van der Waals surface area (Å²) < 4.78 is 22.1. The van der Waals surface area contributed by atoms with Crippen molar-refractivity contribution in [3.63, 3.8) is 0 Å². The highest BCUT2D eigenvalue weighted by atomic mass is 32.1. The van der Waals surface area contributed by atoms with Crippen LogP contribution >= 0.6 is 18.9 Å².